The number of carbonyl (C=O) groups is 1. The highest BCUT2D eigenvalue weighted by Crippen LogP contribution is 2.27. The van der Waals surface area contributed by atoms with E-state index in [4.69, 9.17) is 5.73 Å². The van der Waals surface area contributed by atoms with Gasteiger partial charge in [-0.25, -0.2) is 4.98 Å². The van der Waals surface area contributed by atoms with E-state index in [-0.39, 0.29) is 5.91 Å². The molecule has 7 heteroatoms. The van der Waals surface area contributed by atoms with E-state index in [2.05, 4.69) is 15.4 Å². The first-order valence-electron chi connectivity index (χ1n) is 9.61. The Kier molecular flexibility index (Phi) is 5.11. The van der Waals surface area contributed by atoms with Crippen LogP contribution >= 0.6 is 11.3 Å². The van der Waals surface area contributed by atoms with Crippen molar-refractivity contribution in [2.75, 3.05) is 12.3 Å². The number of amides is 1. The van der Waals surface area contributed by atoms with Gasteiger partial charge in [-0.15, -0.1) is 16.4 Å². The molecule has 0 aromatic carbocycles. The molecule has 0 spiro atoms. The maximum Gasteiger partial charge on any atom is 0.251 e. The Balaban J connectivity index is 1.47. The molecule has 3 aromatic heterocycles. The zero-order valence-corrected chi connectivity index (χ0v) is 16.4. The Morgan fingerprint density at radius 2 is 2.11 bits per heavy atom. The minimum absolute atomic E-state index is 0.100. The molecule has 0 radical (unpaired) electrons. The fraction of sp³-hybridized carbons (Fsp3) is 0.450. The van der Waals surface area contributed by atoms with Crippen molar-refractivity contribution in [3.8, 4) is 10.7 Å². The van der Waals surface area contributed by atoms with Crippen LogP contribution in [0.15, 0.2) is 24.3 Å². The van der Waals surface area contributed by atoms with Gasteiger partial charge in [-0.2, -0.15) is 4.52 Å². The maximum absolute atomic E-state index is 12.5. The number of carbonyl (C=O) groups excluding carboxylic acids is 1. The van der Waals surface area contributed by atoms with E-state index in [0.717, 1.165) is 17.2 Å². The zero-order valence-electron chi connectivity index (χ0n) is 15.6. The van der Waals surface area contributed by atoms with Crippen LogP contribution in [-0.2, 0) is 0 Å². The smallest absolute Gasteiger partial charge is 0.251 e. The summed E-state index contributed by atoms with van der Waals surface area (Å²) < 4.78 is 1.59. The van der Waals surface area contributed by atoms with Gasteiger partial charge < -0.3 is 11.1 Å². The van der Waals surface area contributed by atoms with Crippen LogP contribution in [0.25, 0.3) is 16.3 Å². The highest BCUT2D eigenvalue weighted by atomic mass is 32.1. The number of nitrogens with zero attached hydrogens (tertiary/aromatic N) is 3. The summed E-state index contributed by atoms with van der Waals surface area (Å²) in [6.07, 6.45) is 7.64. The predicted octanol–water partition coefficient (Wildman–Crippen LogP) is 4.05. The lowest BCUT2D eigenvalue weighted by Gasteiger charge is -2.21. The number of pyridine rings is 1. The van der Waals surface area contributed by atoms with Gasteiger partial charge in [0.2, 0.25) is 0 Å². The molecule has 0 unspecified atom stereocenters. The number of hydrogen-bond acceptors (Lipinski definition) is 5. The van der Waals surface area contributed by atoms with Gasteiger partial charge in [0.05, 0.1) is 4.88 Å². The molecule has 0 saturated heterocycles. The molecule has 4 rings (SSSR count). The first kappa shape index (κ1) is 18.0. The largest absolute Gasteiger partial charge is 0.384 e. The quantitative estimate of drug-likeness (QED) is 0.696. The molecular weight excluding hydrogens is 358 g/mol. The average Bonchev–Trinajstić information content (AvgIpc) is 3.29. The molecule has 6 nitrogen and oxygen atoms in total. The van der Waals surface area contributed by atoms with Gasteiger partial charge in [0.1, 0.15) is 5.82 Å². The maximum atomic E-state index is 12.5. The molecule has 3 aromatic rings. The standard InChI is InChI=1S/C20H25N5OS/c1-13-7-8-16(27-13)19-23-18-12-15(11-17(21)25(18)24-19)20(26)22-10-9-14-5-3-2-4-6-14/h7-8,11-12,14H,2-6,9-10,21H2,1H3,(H,22,26). The summed E-state index contributed by atoms with van der Waals surface area (Å²) in [6, 6.07) is 7.47. The van der Waals surface area contributed by atoms with Crippen LogP contribution in [0.5, 0.6) is 0 Å². The van der Waals surface area contributed by atoms with Crippen molar-refractivity contribution in [1.82, 2.24) is 19.9 Å². The number of aryl methyl sites for hydroxylation is 1. The third-order valence-corrected chi connectivity index (χ3v) is 6.25. The number of nitrogens with one attached hydrogen (secondary N) is 1. The van der Waals surface area contributed by atoms with Crippen LogP contribution in [0, 0.1) is 12.8 Å². The normalized spacial score (nSPS) is 15.3. The van der Waals surface area contributed by atoms with Gasteiger partial charge in [-0.3, -0.25) is 4.79 Å². The minimum atomic E-state index is -0.100. The van der Waals surface area contributed by atoms with Crippen molar-refractivity contribution in [2.45, 2.75) is 45.4 Å². The van der Waals surface area contributed by atoms with E-state index in [0.29, 0.717) is 29.4 Å². The summed E-state index contributed by atoms with van der Waals surface area (Å²) in [5.74, 6) is 1.70. The number of nitrogens with two attached hydrogens (primary N) is 1. The number of fused-ring (bicyclic) bond motifs is 1. The summed E-state index contributed by atoms with van der Waals surface area (Å²) in [4.78, 5) is 19.3. The lowest BCUT2D eigenvalue weighted by Crippen LogP contribution is -2.26. The fourth-order valence-corrected chi connectivity index (χ4v) is 4.56. The second kappa shape index (κ2) is 7.68. The Morgan fingerprint density at radius 3 is 2.85 bits per heavy atom. The van der Waals surface area contributed by atoms with Crippen LogP contribution in [0.3, 0.4) is 0 Å². The summed E-state index contributed by atoms with van der Waals surface area (Å²) in [5.41, 5.74) is 7.24. The van der Waals surface area contributed by atoms with Crippen LogP contribution in [0.4, 0.5) is 5.82 Å². The van der Waals surface area contributed by atoms with E-state index in [1.54, 1.807) is 28.0 Å². The number of hydrogen-bond donors (Lipinski definition) is 2. The van der Waals surface area contributed by atoms with Gasteiger partial charge >= 0.3 is 0 Å². The lowest BCUT2D eigenvalue weighted by atomic mass is 9.87. The fourth-order valence-electron chi connectivity index (χ4n) is 3.77. The van der Waals surface area contributed by atoms with Gasteiger partial charge in [0.25, 0.3) is 5.91 Å². The molecule has 142 valence electrons. The number of rotatable bonds is 5. The van der Waals surface area contributed by atoms with Crippen molar-refractivity contribution < 1.29 is 4.79 Å². The second-order valence-electron chi connectivity index (χ2n) is 7.33. The summed E-state index contributed by atoms with van der Waals surface area (Å²) in [5, 5.41) is 7.51. The van der Waals surface area contributed by atoms with Crippen molar-refractivity contribution in [3.05, 3.63) is 34.7 Å². The van der Waals surface area contributed by atoms with E-state index in [1.807, 2.05) is 19.1 Å². The molecule has 1 fully saturated rings. The summed E-state index contributed by atoms with van der Waals surface area (Å²) >= 11 is 1.64. The van der Waals surface area contributed by atoms with E-state index >= 15 is 0 Å². The van der Waals surface area contributed by atoms with Crippen molar-refractivity contribution in [1.29, 1.82) is 0 Å². The first-order valence-corrected chi connectivity index (χ1v) is 10.4. The Bertz CT molecular complexity index is 955. The van der Waals surface area contributed by atoms with Gasteiger partial charge in [-0.1, -0.05) is 32.1 Å². The molecule has 1 aliphatic carbocycles. The molecule has 3 heterocycles. The van der Waals surface area contributed by atoms with Crippen LogP contribution in [0.2, 0.25) is 0 Å². The van der Waals surface area contributed by atoms with E-state index in [9.17, 15) is 4.79 Å². The zero-order chi connectivity index (χ0) is 18.8. The van der Waals surface area contributed by atoms with Gasteiger partial charge in [-0.05, 0) is 43.5 Å². The molecule has 1 amide bonds. The lowest BCUT2D eigenvalue weighted by molar-refractivity contribution is 0.0950. The van der Waals surface area contributed by atoms with Crippen molar-refractivity contribution in [2.24, 2.45) is 5.92 Å². The Hall–Kier alpha value is -2.41. The number of nitrogen functional groups attached to an aromatic ring is 1. The average molecular weight is 384 g/mol. The van der Waals surface area contributed by atoms with Crippen LogP contribution < -0.4 is 11.1 Å². The third kappa shape index (κ3) is 3.98. The molecular formula is C20H25N5OS. The Labute approximate surface area is 162 Å². The molecule has 3 N–H and O–H groups in total. The first-order chi connectivity index (χ1) is 13.1. The molecule has 0 aliphatic heterocycles. The highest BCUT2D eigenvalue weighted by Gasteiger charge is 2.16. The molecule has 1 saturated carbocycles. The number of aromatic nitrogens is 3. The Morgan fingerprint density at radius 1 is 1.30 bits per heavy atom. The van der Waals surface area contributed by atoms with Gasteiger partial charge in [0, 0.05) is 17.0 Å². The molecule has 27 heavy (non-hydrogen) atoms. The van der Waals surface area contributed by atoms with Crippen molar-refractivity contribution in [3.63, 3.8) is 0 Å². The van der Waals surface area contributed by atoms with Crippen LogP contribution in [-0.4, -0.2) is 27.0 Å². The second-order valence-corrected chi connectivity index (χ2v) is 8.62. The van der Waals surface area contributed by atoms with Crippen molar-refractivity contribution >= 4 is 28.7 Å². The monoisotopic (exact) mass is 383 g/mol. The molecule has 1 aliphatic rings. The van der Waals surface area contributed by atoms with Crippen LogP contribution in [0.1, 0.15) is 53.8 Å². The SMILES string of the molecule is Cc1ccc(-c2nc3cc(C(=O)NCCC4CCCCC4)cc(N)n3n2)s1. The highest BCUT2D eigenvalue weighted by molar-refractivity contribution is 7.15. The minimum Gasteiger partial charge on any atom is -0.384 e. The predicted molar refractivity (Wildman–Crippen MR) is 109 cm³/mol. The van der Waals surface area contributed by atoms with E-state index < -0.39 is 0 Å². The molecule has 0 bridgehead atoms. The number of thiophene rings is 1. The topological polar surface area (TPSA) is 85.3 Å². The molecule has 0 atom stereocenters. The number of anilines is 1. The third-order valence-electron chi connectivity index (χ3n) is 5.25. The summed E-state index contributed by atoms with van der Waals surface area (Å²) in [6.45, 7) is 2.76. The van der Waals surface area contributed by atoms with E-state index in [1.165, 1.54) is 37.0 Å². The summed E-state index contributed by atoms with van der Waals surface area (Å²) in [7, 11) is 0. The van der Waals surface area contributed by atoms with Gasteiger partial charge in [0.15, 0.2) is 11.5 Å².